The van der Waals surface area contributed by atoms with E-state index in [0.717, 1.165) is 5.56 Å². The van der Waals surface area contributed by atoms with Crippen molar-refractivity contribution in [3.8, 4) is 34.5 Å². The van der Waals surface area contributed by atoms with E-state index in [1.807, 2.05) is 0 Å². The first-order valence-corrected chi connectivity index (χ1v) is 11.8. The number of hydrogen-bond acceptors (Lipinski definition) is 9. The van der Waals surface area contributed by atoms with Crippen molar-refractivity contribution in [3.63, 3.8) is 0 Å². The van der Waals surface area contributed by atoms with Gasteiger partial charge in [0.2, 0.25) is 13.6 Å². The molecule has 6 rings (SSSR count). The molecule has 1 N–H and O–H groups in total. The van der Waals surface area contributed by atoms with Crippen LogP contribution in [0.5, 0.6) is 34.5 Å². The molecule has 3 aliphatic heterocycles. The molecule has 0 radical (unpaired) electrons. The van der Waals surface area contributed by atoms with Crippen LogP contribution in [0.15, 0.2) is 60.2 Å². The fourth-order valence-electron chi connectivity index (χ4n) is 4.85. The van der Waals surface area contributed by atoms with Crippen LogP contribution in [0.1, 0.15) is 22.7 Å². The average Bonchev–Trinajstić information content (AvgIpc) is 3.66. The Kier molecular flexibility index (Phi) is 5.71. The molecule has 3 heterocycles. The SMILES string of the molecule is COc1ccc(C(O)=C2C(=O)C(=O)N(Cc3ccc4c(c3)OCO4)[C@H]2c2ccc3c(c2)OCO3)cc1OC. The molecule has 10 heteroatoms. The Morgan fingerprint density at radius 2 is 1.50 bits per heavy atom. The number of aliphatic hydroxyl groups is 1. The second kappa shape index (κ2) is 9.22. The quantitative estimate of drug-likeness (QED) is 0.296. The van der Waals surface area contributed by atoms with Gasteiger partial charge in [0, 0.05) is 12.1 Å². The van der Waals surface area contributed by atoms with Crippen LogP contribution in [0, 0.1) is 0 Å². The molecule has 0 aromatic heterocycles. The first-order chi connectivity index (χ1) is 18.5. The molecule has 0 bridgehead atoms. The van der Waals surface area contributed by atoms with Crippen molar-refractivity contribution in [2.24, 2.45) is 0 Å². The zero-order valence-corrected chi connectivity index (χ0v) is 20.6. The molecular formula is C28H23NO9. The van der Waals surface area contributed by atoms with Gasteiger partial charge in [0.25, 0.3) is 11.7 Å². The largest absolute Gasteiger partial charge is 0.507 e. The lowest BCUT2D eigenvalue weighted by molar-refractivity contribution is -0.140. The van der Waals surface area contributed by atoms with Gasteiger partial charge in [0.05, 0.1) is 25.8 Å². The van der Waals surface area contributed by atoms with E-state index in [1.54, 1.807) is 54.6 Å². The first kappa shape index (κ1) is 23.5. The van der Waals surface area contributed by atoms with Crippen LogP contribution in [-0.4, -0.2) is 49.5 Å². The summed E-state index contributed by atoms with van der Waals surface area (Å²) in [6, 6.07) is 14.4. The van der Waals surface area contributed by atoms with Gasteiger partial charge in [-0.3, -0.25) is 9.59 Å². The number of carbonyl (C=O) groups excluding carboxylic acids is 2. The van der Waals surface area contributed by atoms with Crippen molar-refractivity contribution < 1.29 is 43.1 Å². The van der Waals surface area contributed by atoms with Crippen LogP contribution >= 0.6 is 0 Å². The number of Topliss-reactive ketones (excluding diaryl/α,β-unsaturated/α-hetero) is 1. The van der Waals surface area contributed by atoms with Crippen molar-refractivity contribution in [1.29, 1.82) is 0 Å². The van der Waals surface area contributed by atoms with E-state index in [4.69, 9.17) is 28.4 Å². The highest BCUT2D eigenvalue weighted by molar-refractivity contribution is 6.46. The number of ketones is 1. The van der Waals surface area contributed by atoms with E-state index in [1.165, 1.54) is 19.1 Å². The number of rotatable bonds is 6. The molecule has 1 saturated heterocycles. The lowest BCUT2D eigenvalue weighted by Crippen LogP contribution is -2.29. The first-order valence-electron chi connectivity index (χ1n) is 11.8. The van der Waals surface area contributed by atoms with Gasteiger partial charge >= 0.3 is 0 Å². The molecule has 0 unspecified atom stereocenters. The zero-order valence-electron chi connectivity index (χ0n) is 20.6. The van der Waals surface area contributed by atoms with Crippen LogP contribution in [0.2, 0.25) is 0 Å². The summed E-state index contributed by atoms with van der Waals surface area (Å²) in [5.74, 6) is 1.16. The van der Waals surface area contributed by atoms with E-state index >= 15 is 0 Å². The summed E-state index contributed by atoms with van der Waals surface area (Å²) < 4.78 is 32.5. The summed E-state index contributed by atoms with van der Waals surface area (Å²) in [7, 11) is 2.97. The third-order valence-electron chi connectivity index (χ3n) is 6.70. The summed E-state index contributed by atoms with van der Waals surface area (Å²) in [6.07, 6.45) is 0. The Balaban J connectivity index is 1.47. The zero-order chi connectivity index (χ0) is 26.4. The minimum atomic E-state index is -0.900. The number of hydrogen-bond donors (Lipinski definition) is 1. The summed E-state index contributed by atoms with van der Waals surface area (Å²) in [6.45, 7) is 0.274. The monoisotopic (exact) mass is 517 g/mol. The molecule has 3 aromatic rings. The van der Waals surface area contributed by atoms with Crippen LogP contribution in [0.25, 0.3) is 5.76 Å². The van der Waals surface area contributed by atoms with Crippen molar-refractivity contribution in [2.45, 2.75) is 12.6 Å². The molecule has 10 nitrogen and oxygen atoms in total. The number of methoxy groups -OCH3 is 2. The van der Waals surface area contributed by atoms with Gasteiger partial charge in [-0.2, -0.15) is 0 Å². The van der Waals surface area contributed by atoms with Gasteiger partial charge in [0.1, 0.15) is 5.76 Å². The Morgan fingerprint density at radius 1 is 0.842 bits per heavy atom. The normalized spacial score (nSPS) is 18.7. The molecule has 1 amide bonds. The number of benzene rings is 3. The number of nitrogens with zero attached hydrogens (tertiary/aromatic N) is 1. The lowest BCUT2D eigenvalue weighted by Gasteiger charge is -2.25. The highest BCUT2D eigenvalue weighted by Crippen LogP contribution is 2.44. The number of aliphatic hydroxyl groups excluding tert-OH is 1. The third-order valence-corrected chi connectivity index (χ3v) is 6.70. The van der Waals surface area contributed by atoms with Crippen molar-refractivity contribution in [2.75, 3.05) is 27.8 Å². The number of ether oxygens (including phenoxy) is 6. The smallest absolute Gasteiger partial charge is 0.295 e. The van der Waals surface area contributed by atoms with E-state index in [0.29, 0.717) is 45.6 Å². The van der Waals surface area contributed by atoms with Gasteiger partial charge in [0.15, 0.2) is 34.5 Å². The van der Waals surface area contributed by atoms with Crippen LogP contribution in [-0.2, 0) is 16.1 Å². The molecule has 194 valence electrons. The fraction of sp³-hybridized carbons (Fsp3) is 0.214. The van der Waals surface area contributed by atoms with E-state index in [9.17, 15) is 14.7 Å². The van der Waals surface area contributed by atoms with Crippen molar-refractivity contribution in [3.05, 3.63) is 76.9 Å². The van der Waals surface area contributed by atoms with Gasteiger partial charge in [-0.15, -0.1) is 0 Å². The predicted octanol–water partition coefficient (Wildman–Crippen LogP) is 3.78. The predicted molar refractivity (Wildman–Crippen MR) is 133 cm³/mol. The molecule has 3 aliphatic rings. The van der Waals surface area contributed by atoms with Crippen molar-refractivity contribution >= 4 is 17.4 Å². The highest BCUT2D eigenvalue weighted by Gasteiger charge is 2.46. The minimum Gasteiger partial charge on any atom is -0.507 e. The highest BCUT2D eigenvalue weighted by atomic mass is 16.7. The number of amides is 1. The molecule has 3 aromatic carbocycles. The third kappa shape index (κ3) is 3.81. The minimum absolute atomic E-state index is 0.0539. The second-order valence-electron chi connectivity index (χ2n) is 8.80. The molecule has 1 atom stereocenters. The maximum atomic E-state index is 13.4. The average molecular weight is 517 g/mol. The maximum absolute atomic E-state index is 13.4. The fourth-order valence-corrected chi connectivity index (χ4v) is 4.85. The topological polar surface area (TPSA) is 113 Å². The molecule has 1 fully saturated rings. The van der Waals surface area contributed by atoms with E-state index < -0.39 is 17.7 Å². The number of fused-ring (bicyclic) bond motifs is 2. The Labute approximate surface area is 217 Å². The molecule has 38 heavy (non-hydrogen) atoms. The molecule has 0 spiro atoms. The summed E-state index contributed by atoms with van der Waals surface area (Å²) in [5.41, 5.74) is 1.56. The summed E-state index contributed by atoms with van der Waals surface area (Å²) in [5, 5.41) is 11.4. The lowest BCUT2D eigenvalue weighted by atomic mass is 9.94. The standard InChI is InChI=1S/C28H23NO9/c1-33-18-7-5-17(11-21(18)34-2)26(30)24-25(16-4-8-20-23(10-16)38-14-36-20)29(28(32)27(24)31)12-15-3-6-19-22(9-15)37-13-35-19/h3-11,25,30H,12-14H2,1-2H3/t25-/m0/s1. The molecule has 0 saturated carbocycles. The van der Waals surface area contributed by atoms with Gasteiger partial charge in [-0.25, -0.2) is 0 Å². The summed E-state index contributed by atoms with van der Waals surface area (Å²) >= 11 is 0. The van der Waals surface area contributed by atoms with Crippen molar-refractivity contribution in [1.82, 2.24) is 4.90 Å². The van der Waals surface area contributed by atoms with Gasteiger partial charge in [-0.05, 0) is 53.6 Å². The second-order valence-corrected chi connectivity index (χ2v) is 8.80. The number of likely N-dealkylation sites (tertiary alicyclic amines) is 1. The van der Waals surface area contributed by atoms with Gasteiger partial charge in [-0.1, -0.05) is 12.1 Å². The Morgan fingerprint density at radius 3 is 2.21 bits per heavy atom. The van der Waals surface area contributed by atoms with Crippen LogP contribution in [0.3, 0.4) is 0 Å². The summed E-state index contributed by atoms with van der Waals surface area (Å²) in [4.78, 5) is 28.3. The van der Waals surface area contributed by atoms with Crippen LogP contribution < -0.4 is 28.4 Å². The van der Waals surface area contributed by atoms with E-state index in [-0.39, 0.29) is 31.5 Å². The molecule has 0 aliphatic carbocycles. The van der Waals surface area contributed by atoms with Gasteiger partial charge < -0.3 is 38.4 Å². The number of carbonyl (C=O) groups is 2. The maximum Gasteiger partial charge on any atom is 0.295 e. The Bertz CT molecular complexity index is 1500. The Hall–Kier alpha value is -4.86. The van der Waals surface area contributed by atoms with E-state index in [2.05, 4.69) is 0 Å². The molecular weight excluding hydrogens is 494 g/mol. The van der Waals surface area contributed by atoms with Crippen LogP contribution in [0.4, 0.5) is 0 Å².